The van der Waals surface area contributed by atoms with Crippen LogP contribution in [-0.4, -0.2) is 52.4 Å². The molecule has 126 valence electrons. The third kappa shape index (κ3) is 2.83. The van der Waals surface area contributed by atoms with Gasteiger partial charge in [0.25, 0.3) is 0 Å². The van der Waals surface area contributed by atoms with Gasteiger partial charge in [-0.15, -0.1) is 0 Å². The molecule has 1 aliphatic rings. The van der Waals surface area contributed by atoms with Gasteiger partial charge in [0, 0.05) is 25.0 Å². The van der Waals surface area contributed by atoms with Gasteiger partial charge in [-0.3, -0.25) is 4.57 Å². The van der Waals surface area contributed by atoms with Crippen LogP contribution in [0.4, 0.5) is 11.8 Å². The van der Waals surface area contributed by atoms with E-state index >= 15 is 0 Å². The Labute approximate surface area is 144 Å². The van der Waals surface area contributed by atoms with Gasteiger partial charge < -0.3 is 15.0 Å². The topological polar surface area (TPSA) is 68.1 Å². The van der Waals surface area contributed by atoms with Crippen LogP contribution in [-0.2, 0) is 4.74 Å². The summed E-state index contributed by atoms with van der Waals surface area (Å²) >= 11 is 1.66. The van der Waals surface area contributed by atoms with Crippen LogP contribution < -0.4 is 10.2 Å². The number of fused-ring (bicyclic) bond motifs is 1. The van der Waals surface area contributed by atoms with Crippen LogP contribution in [0.2, 0.25) is 0 Å². The van der Waals surface area contributed by atoms with Crippen molar-refractivity contribution in [2.24, 2.45) is 0 Å². The number of imidazole rings is 1. The number of ether oxygens (including phenoxy) is 1. The van der Waals surface area contributed by atoms with E-state index in [0.29, 0.717) is 13.2 Å². The van der Waals surface area contributed by atoms with Crippen molar-refractivity contribution in [3.63, 3.8) is 0 Å². The zero-order valence-corrected chi connectivity index (χ0v) is 14.4. The van der Waals surface area contributed by atoms with Gasteiger partial charge in [0.05, 0.1) is 18.9 Å². The van der Waals surface area contributed by atoms with Gasteiger partial charge in [0.1, 0.15) is 6.33 Å². The van der Waals surface area contributed by atoms with Gasteiger partial charge in [0.2, 0.25) is 5.95 Å². The molecule has 0 amide bonds. The lowest BCUT2D eigenvalue weighted by Gasteiger charge is -2.27. The van der Waals surface area contributed by atoms with Crippen LogP contribution in [0, 0.1) is 0 Å². The van der Waals surface area contributed by atoms with Crippen LogP contribution in [0.15, 0.2) is 23.2 Å². The van der Waals surface area contributed by atoms with Crippen molar-refractivity contribution >= 4 is 34.3 Å². The summed E-state index contributed by atoms with van der Waals surface area (Å²) in [6.07, 6.45) is 2.85. The number of nitrogens with one attached hydrogen (secondary N) is 1. The van der Waals surface area contributed by atoms with Crippen LogP contribution in [0.1, 0.15) is 13.3 Å². The second kappa shape index (κ2) is 6.74. The molecular weight excluding hydrogens is 324 g/mol. The van der Waals surface area contributed by atoms with E-state index < -0.39 is 0 Å². The van der Waals surface area contributed by atoms with Gasteiger partial charge in [-0.25, -0.2) is 4.98 Å². The summed E-state index contributed by atoms with van der Waals surface area (Å²) in [4.78, 5) is 16.3. The molecule has 1 aliphatic heterocycles. The quantitative estimate of drug-likeness (QED) is 0.767. The molecule has 8 heteroatoms. The Kier molecular flexibility index (Phi) is 4.31. The van der Waals surface area contributed by atoms with Gasteiger partial charge in [0.15, 0.2) is 17.0 Å². The predicted molar refractivity (Wildman–Crippen MR) is 96.3 cm³/mol. The molecule has 0 aromatic carbocycles. The van der Waals surface area contributed by atoms with E-state index in [4.69, 9.17) is 14.7 Å². The third-order valence-corrected chi connectivity index (χ3v) is 4.68. The lowest BCUT2D eigenvalue weighted by molar-refractivity contribution is 0.122. The second-order valence-corrected chi connectivity index (χ2v) is 6.45. The van der Waals surface area contributed by atoms with Crippen LogP contribution >= 0.6 is 11.3 Å². The van der Waals surface area contributed by atoms with Gasteiger partial charge >= 0.3 is 0 Å². The number of aromatic nitrogens is 4. The Balaban J connectivity index is 1.82. The fourth-order valence-corrected chi connectivity index (χ4v) is 3.37. The first-order valence-corrected chi connectivity index (χ1v) is 9.15. The Morgan fingerprint density at radius 1 is 1.29 bits per heavy atom. The number of morpholine rings is 1. The first kappa shape index (κ1) is 15.3. The number of anilines is 2. The molecule has 3 aromatic rings. The maximum atomic E-state index is 5.44. The van der Waals surface area contributed by atoms with Crippen molar-refractivity contribution in [2.75, 3.05) is 43.1 Å². The normalized spacial score (nSPS) is 15.1. The van der Waals surface area contributed by atoms with Crippen molar-refractivity contribution in [3.8, 4) is 5.69 Å². The smallest absolute Gasteiger partial charge is 0.229 e. The van der Waals surface area contributed by atoms with Crippen molar-refractivity contribution < 1.29 is 4.74 Å². The number of hydrogen-bond donors (Lipinski definition) is 1. The molecule has 1 fully saturated rings. The van der Waals surface area contributed by atoms with Crippen molar-refractivity contribution in [1.29, 1.82) is 0 Å². The second-order valence-electron chi connectivity index (χ2n) is 5.67. The highest BCUT2D eigenvalue weighted by Crippen LogP contribution is 2.26. The van der Waals surface area contributed by atoms with E-state index in [1.54, 1.807) is 11.3 Å². The summed E-state index contributed by atoms with van der Waals surface area (Å²) in [6.45, 7) is 6.04. The van der Waals surface area contributed by atoms with Gasteiger partial charge in [-0.2, -0.15) is 21.3 Å². The SMILES string of the molecule is CCCNc1nc(N2CCOCC2)nc2c1ncn2-c1ccsc1. The van der Waals surface area contributed by atoms with E-state index in [2.05, 4.69) is 39.0 Å². The van der Waals surface area contributed by atoms with E-state index in [1.807, 2.05) is 10.9 Å². The molecule has 7 nitrogen and oxygen atoms in total. The fraction of sp³-hybridized carbons (Fsp3) is 0.438. The van der Waals surface area contributed by atoms with E-state index in [-0.39, 0.29) is 0 Å². The molecule has 1 N–H and O–H groups in total. The Hall–Kier alpha value is -2.19. The summed E-state index contributed by atoms with van der Waals surface area (Å²) in [5.74, 6) is 1.54. The number of hydrogen-bond acceptors (Lipinski definition) is 7. The average molecular weight is 344 g/mol. The van der Waals surface area contributed by atoms with Crippen molar-refractivity contribution in [1.82, 2.24) is 19.5 Å². The maximum absolute atomic E-state index is 5.44. The van der Waals surface area contributed by atoms with Crippen LogP contribution in [0.5, 0.6) is 0 Å². The fourth-order valence-electron chi connectivity index (χ4n) is 2.74. The summed E-state index contributed by atoms with van der Waals surface area (Å²) in [5.41, 5.74) is 2.73. The predicted octanol–water partition coefficient (Wildman–Crippen LogP) is 2.54. The Bertz CT molecular complexity index is 809. The van der Waals surface area contributed by atoms with Crippen LogP contribution in [0.3, 0.4) is 0 Å². The molecule has 0 radical (unpaired) electrons. The minimum Gasteiger partial charge on any atom is -0.378 e. The summed E-state index contributed by atoms with van der Waals surface area (Å²) in [7, 11) is 0. The summed E-state index contributed by atoms with van der Waals surface area (Å²) in [5, 5.41) is 7.54. The maximum Gasteiger partial charge on any atom is 0.229 e. The van der Waals surface area contributed by atoms with Crippen molar-refractivity contribution in [2.45, 2.75) is 13.3 Å². The summed E-state index contributed by atoms with van der Waals surface area (Å²) < 4.78 is 7.46. The molecule has 0 atom stereocenters. The molecule has 24 heavy (non-hydrogen) atoms. The molecule has 3 aromatic heterocycles. The molecule has 0 saturated carbocycles. The molecule has 0 bridgehead atoms. The lowest BCUT2D eigenvalue weighted by Crippen LogP contribution is -2.37. The van der Waals surface area contributed by atoms with E-state index in [0.717, 1.165) is 54.7 Å². The van der Waals surface area contributed by atoms with Gasteiger partial charge in [-0.05, 0) is 17.9 Å². The molecule has 0 unspecified atom stereocenters. The number of thiophene rings is 1. The monoisotopic (exact) mass is 344 g/mol. The molecule has 0 spiro atoms. The molecule has 4 rings (SSSR count). The van der Waals surface area contributed by atoms with E-state index in [1.165, 1.54) is 0 Å². The molecular formula is C16H20N6OS. The lowest BCUT2D eigenvalue weighted by atomic mass is 10.4. The molecule has 0 aliphatic carbocycles. The van der Waals surface area contributed by atoms with E-state index in [9.17, 15) is 0 Å². The molecule has 4 heterocycles. The highest BCUT2D eigenvalue weighted by atomic mass is 32.1. The highest BCUT2D eigenvalue weighted by molar-refractivity contribution is 7.08. The first-order valence-electron chi connectivity index (χ1n) is 8.21. The number of nitrogens with zero attached hydrogens (tertiary/aromatic N) is 5. The number of rotatable bonds is 5. The largest absolute Gasteiger partial charge is 0.378 e. The van der Waals surface area contributed by atoms with Gasteiger partial charge in [-0.1, -0.05) is 6.92 Å². The zero-order valence-electron chi connectivity index (χ0n) is 13.6. The average Bonchev–Trinajstić information content (AvgIpc) is 3.29. The Morgan fingerprint density at radius 3 is 2.92 bits per heavy atom. The highest BCUT2D eigenvalue weighted by Gasteiger charge is 2.19. The Morgan fingerprint density at radius 2 is 2.17 bits per heavy atom. The summed E-state index contributed by atoms with van der Waals surface area (Å²) in [6, 6.07) is 2.07. The third-order valence-electron chi connectivity index (χ3n) is 4.01. The molecule has 1 saturated heterocycles. The first-order chi connectivity index (χ1) is 11.9. The standard InChI is InChI=1S/C16H20N6OS/c1-2-4-17-14-13-15(22(11-18-13)12-3-9-24-10-12)20-16(19-14)21-5-7-23-8-6-21/h3,9-11H,2,4-8H2,1H3,(H,17,19,20). The minimum absolute atomic E-state index is 0.711. The van der Waals surface area contributed by atoms with Crippen LogP contribution in [0.25, 0.3) is 16.9 Å². The zero-order chi connectivity index (χ0) is 16.4. The van der Waals surface area contributed by atoms with Crippen molar-refractivity contribution in [3.05, 3.63) is 23.2 Å². The minimum atomic E-state index is 0.711.